The van der Waals surface area contributed by atoms with Gasteiger partial charge in [-0.25, -0.2) is 0 Å². The zero-order valence-corrected chi connectivity index (χ0v) is 8.00. The summed E-state index contributed by atoms with van der Waals surface area (Å²) in [6.45, 7) is 0. The minimum absolute atomic E-state index is 1.13. The fraction of sp³-hybridized carbons (Fsp3) is 1.00. The van der Waals surface area contributed by atoms with E-state index in [0.29, 0.717) is 0 Å². The summed E-state index contributed by atoms with van der Waals surface area (Å²) in [6.07, 6.45) is 5.20. The standard InChI is InChI=1S/C6H12.O.Sn/c1-3-5-6-4-2;;/h1-6H2;;. The van der Waals surface area contributed by atoms with E-state index >= 15 is 0 Å². The summed E-state index contributed by atoms with van der Waals surface area (Å²) in [4.78, 5) is 0. The molecule has 1 fully saturated rings. The Labute approximate surface area is 57.6 Å². The van der Waals surface area contributed by atoms with E-state index in [1.807, 2.05) is 0 Å². The van der Waals surface area contributed by atoms with Crippen LogP contribution >= 0.6 is 0 Å². The molecule has 0 atom stereocenters. The number of rotatable bonds is 0. The van der Waals surface area contributed by atoms with Gasteiger partial charge in [-0.05, 0) is 0 Å². The molecule has 0 bridgehead atoms. The summed E-state index contributed by atoms with van der Waals surface area (Å²) in [7, 11) is 0. The molecule has 0 amide bonds. The Morgan fingerprint density at radius 3 is 1.88 bits per heavy atom. The molecule has 0 unspecified atom stereocenters. The molecule has 1 aliphatic rings. The van der Waals surface area contributed by atoms with E-state index in [-0.39, 0.29) is 0 Å². The fourth-order valence-corrected chi connectivity index (χ4v) is 5.51. The SMILES string of the molecule is [O]=[Sn]1[CH2]CCCC[CH2]1. The first-order valence-electron chi connectivity index (χ1n) is 3.41. The third kappa shape index (κ3) is 2.24. The van der Waals surface area contributed by atoms with Crippen molar-refractivity contribution in [3.05, 3.63) is 0 Å². The monoisotopic (exact) mass is 220 g/mol. The van der Waals surface area contributed by atoms with Gasteiger partial charge in [0.2, 0.25) is 0 Å². The normalized spacial score (nSPS) is 22.8. The van der Waals surface area contributed by atoms with Crippen LogP contribution in [0.1, 0.15) is 25.7 Å². The summed E-state index contributed by atoms with van der Waals surface area (Å²) in [6, 6.07) is 0. The quantitative estimate of drug-likeness (QED) is 0.569. The second kappa shape index (κ2) is 3.59. The van der Waals surface area contributed by atoms with Gasteiger partial charge in [-0.3, -0.25) is 0 Å². The Balaban J connectivity index is 2.27. The molecule has 0 aromatic heterocycles. The van der Waals surface area contributed by atoms with Gasteiger partial charge in [0.15, 0.2) is 0 Å². The van der Waals surface area contributed by atoms with E-state index in [0.717, 1.165) is 8.87 Å². The first-order valence-corrected chi connectivity index (χ1v) is 8.61. The zero-order valence-electron chi connectivity index (χ0n) is 5.15. The van der Waals surface area contributed by atoms with Gasteiger partial charge in [0.25, 0.3) is 0 Å². The maximum absolute atomic E-state index is 11.0. The topological polar surface area (TPSA) is 17.1 Å². The average Bonchev–Trinajstić information content (AvgIpc) is 1.94. The Kier molecular flexibility index (Phi) is 3.01. The summed E-state index contributed by atoms with van der Waals surface area (Å²) in [5, 5.41) is 0. The van der Waals surface area contributed by atoms with Gasteiger partial charge < -0.3 is 0 Å². The third-order valence-corrected chi connectivity index (χ3v) is 6.86. The van der Waals surface area contributed by atoms with Gasteiger partial charge >= 0.3 is 57.4 Å². The number of hydrogen-bond donors (Lipinski definition) is 0. The molecule has 0 spiro atoms. The van der Waals surface area contributed by atoms with Crippen LogP contribution in [0.3, 0.4) is 0 Å². The van der Waals surface area contributed by atoms with Crippen molar-refractivity contribution in [2.24, 2.45) is 0 Å². The van der Waals surface area contributed by atoms with Crippen molar-refractivity contribution in [2.45, 2.75) is 34.6 Å². The minimum atomic E-state index is -1.87. The predicted molar refractivity (Wildman–Crippen MR) is 34.5 cm³/mol. The second-order valence-corrected chi connectivity index (χ2v) is 8.38. The van der Waals surface area contributed by atoms with Gasteiger partial charge in [-0.15, -0.1) is 0 Å². The van der Waals surface area contributed by atoms with Crippen LogP contribution in [0.15, 0.2) is 0 Å². The molecule has 2 heteroatoms. The first kappa shape index (κ1) is 6.71. The molecule has 1 aliphatic heterocycles. The van der Waals surface area contributed by atoms with Crippen molar-refractivity contribution in [3.8, 4) is 0 Å². The van der Waals surface area contributed by atoms with Crippen molar-refractivity contribution in [3.63, 3.8) is 0 Å². The van der Waals surface area contributed by atoms with Crippen molar-refractivity contribution >= 4 is 19.7 Å². The van der Waals surface area contributed by atoms with Gasteiger partial charge in [0.1, 0.15) is 0 Å². The number of hydrogen-bond acceptors (Lipinski definition) is 1. The molecule has 8 heavy (non-hydrogen) atoms. The average molecular weight is 219 g/mol. The van der Waals surface area contributed by atoms with E-state index in [2.05, 4.69) is 0 Å². The van der Waals surface area contributed by atoms with E-state index in [4.69, 9.17) is 0 Å². The van der Waals surface area contributed by atoms with Crippen molar-refractivity contribution < 1.29 is 3.08 Å². The molecule has 1 saturated heterocycles. The summed E-state index contributed by atoms with van der Waals surface area (Å²) < 4.78 is 13.2. The molecule has 0 aliphatic carbocycles. The van der Waals surface area contributed by atoms with Gasteiger partial charge in [0.05, 0.1) is 0 Å². The van der Waals surface area contributed by atoms with Crippen molar-refractivity contribution in [1.29, 1.82) is 0 Å². The molecule has 0 radical (unpaired) electrons. The Morgan fingerprint density at radius 1 is 0.875 bits per heavy atom. The van der Waals surface area contributed by atoms with E-state index in [1.165, 1.54) is 25.7 Å². The Bertz CT molecular complexity index is 80.5. The van der Waals surface area contributed by atoms with Gasteiger partial charge in [0, 0.05) is 0 Å². The van der Waals surface area contributed by atoms with Crippen LogP contribution in [0, 0.1) is 0 Å². The Hall–Kier alpha value is 0.599. The summed E-state index contributed by atoms with van der Waals surface area (Å²) in [5.74, 6) is 0. The van der Waals surface area contributed by atoms with Crippen molar-refractivity contribution in [2.75, 3.05) is 0 Å². The van der Waals surface area contributed by atoms with Gasteiger partial charge in [-0.1, -0.05) is 0 Å². The molecule has 0 aromatic carbocycles. The predicted octanol–water partition coefficient (Wildman–Crippen LogP) is 1.98. The van der Waals surface area contributed by atoms with Gasteiger partial charge in [-0.2, -0.15) is 0 Å². The van der Waals surface area contributed by atoms with Crippen LogP contribution in [0.4, 0.5) is 0 Å². The zero-order chi connectivity index (χ0) is 5.82. The fourth-order valence-electron chi connectivity index (χ4n) is 1.12. The first-order chi connectivity index (χ1) is 3.89. The Morgan fingerprint density at radius 2 is 1.38 bits per heavy atom. The van der Waals surface area contributed by atoms with E-state index in [1.54, 1.807) is 0 Å². The molecule has 0 N–H and O–H groups in total. The van der Waals surface area contributed by atoms with Crippen molar-refractivity contribution in [1.82, 2.24) is 0 Å². The van der Waals surface area contributed by atoms with Crippen LogP contribution in [0.5, 0.6) is 0 Å². The molecule has 0 saturated carbocycles. The van der Waals surface area contributed by atoms with Crippen LogP contribution in [0.25, 0.3) is 0 Å². The molecule has 0 aromatic rings. The maximum atomic E-state index is 11.0. The summed E-state index contributed by atoms with van der Waals surface area (Å²) >= 11 is -1.87. The molecular weight excluding hydrogens is 207 g/mol. The second-order valence-electron chi connectivity index (χ2n) is 2.45. The molecule has 46 valence electrons. The van der Waals surface area contributed by atoms with Crippen LogP contribution in [-0.2, 0) is 3.08 Å². The summed E-state index contributed by atoms with van der Waals surface area (Å²) in [5.41, 5.74) is 0. The van der Waals surface area contributed by atoms with Crippen LogP contribution in [-0.4, -0.2) is 19.7 Å². The van der Waals surface area contributed by atoms with Crippen LogP contribution < -0.4 is 0 Å². The van der Waals surface area contributed by atoms with E-state index < -0.39 is 19.7 Å². The van der Waals surface area contributed by atoms with Crippen LogP contribution in [0.2, 0.25) is 8.87 Å². The third-order valence-electron chi connectivity index (χ3n) is 1.66. The molecule has 1 heterocycles. The molecule has 1 rings (SSSR count). The molecular formula is C6H12OSn. The molecule has 1 nitrogen and oxygen atoms in total. The van der Waals surface area contributed by atoms with E-state index in [9.17, 15) is 3.08 Å².